The fourth-order valence-corrected chi connectivity index (χ4v) is 4.22. The largest absolute Gasteiger partial charge is 0.497 e. The van der Waals surface area contributed by atoms with Crippen LogP contribution in [0.3, 0.4) is 0 Å². The summed E-state index contributed by atoms with van der Waals surface area (Å²) in [4.78, 5) is 12.3. The predicted molar refractivity (Wildman–Crippen MR) is 93.6 cm³/mol. The van der Waals surface area contributed by atoms with E-state index < -0.39 is 28.1 Å². The lowest BCUT2D eigenvalue weighted by molar-refractivity contribution is -0.139. The second-order valence-electron chi connectivity index (χ2n) is 5.44. The van der Waals surface area contributed by atoms with Crippen molar-refractivity contribution in [2.24, 2.45) is 0 Å². The molecule has 0 spiro atoms. The number of hydroxylamine groups is 1. The number of sulfonamides is 1. The molecule has 26 heavy (non-hydrogen) atoms. The molecule has 2 unspecified atom stereocenters. The highest BCUT2D eigenvalue weighted by atomic mass is 32.2. The number of hydrogen-bond acceptors (Lipinski definition) is 7. The maximum absolute atomic E-state index is 13.1. The van der Waals surface area contributed by atoms with Gasteiger partial charge in [0, 0.05) is 20.8 Å². The van der Waals surface area contributed by atoms with Gasteiger partial charge in [-0.15, -0.1) is 0 Å². The molecule has 2 N–H and O–H groups in total. The molecule has 148 valence electrons. The molecule has 1 aromatic carbocycles. The van der Waals surface area contributed by atoms with Crippen LogP contribution in [0.2, 0.25) is 0 Å². The van der Waals surface area contributed by atoms with Crippen molar-refractivity contribution in [3.63, 3.8) is 0 Å². The molecule has 1 aromatic rings. The predicted octanol–water partition coefficient (Wildman–Crippen LogP) is 0.631. The molecule has 10 heteroatoms. The van der Waals surface area contributed by atoms with Crippen molar-refractivity contribution in [3.8, 4) is 5.75 Å². The van der Waals surface area contributed by atoms with E-state index in [-0.39, 0.29) is 18.0 Å². The number of methoxy groups -OCH3 is 3. The van der Waals surface area contributed by atoms with Crippen LogP contribution in [-0.4, -0.2) is 70.5 Å². The van der Waals surface area contributed by atoms with Crippen LogP contribution in [0.25, 0.3) is 0 Å². The third-order valence-corrected chi connectivity index (χ3v) is 5.68. The summed E-state index contributed by atoms with van der Waals surface area (Å²) in [5.41, 5.74) is 1.52. The Hall–Kier alpha value is -1.72. The Morgan fingerprint density at radius 3 is 2.27 bits per heavy atom. The first-order chi connectivity index (χ1) is 12.4. The summed E-state index contributed by atoms with van der Waals surface area (Å²) in [6.07, 6.45) is -0.458. The van der Waals surface area contributed by atoms with E-state index in [9.17, 15) is 13.2 Å². The van der Waals surface area contributed by atoms with Gasteiger partial charge >= 0.3 is 0 Å². The molecular weight excluding hydrogens is 364 g/mol. The average Bonchev–Trinajstić information content (AvgIpc) is 2.66. The second kappa shape index (κ2) is 10.4. The van der Waals surface area contributed by atoms with Crippen molar-refractivity contribution >= 4 is 15.9 Å². The van der Waals surface area contributed by atoms with Gasteiger partial charge in [-0.25, -0.2) is 13.9 Å². The molecule has 0 fully saturated rings. The van der Waals surface area contributed by atoms with Gasteiger partial charge in [0.25, 0.3) is 5.91 Å². The molecule has 0 aliphatic carbocycles. The molecule has 0 saturated heterocycles. The first-order valence-corrected chi connectivity index (χ1v) is 9.42. The summed E-state index contributed by atoms with van der Waals surface area (Å²) < 4.78 is 42.6. The Kier molecular flexibility index (Phi) is 8.96. The Morgan fingerprint density at radius 1 is 1.23 bits per heavy atom. The van der Waals surface area contributed by atoms with Crippen molar-refractivity contribution < 1.29 is 32.6 Å². The number of nitrogens with one attached hydrogen (secondary N) is 1. The summed E-state index contributed by atoms with van der Waals surface area (Å²) >= 11 is 0. The molecular formula is C16H26N2O7S. The van der Waals surface area contributed by atoms with Gasteiger partial charge in [-0.05, 0) is 30.7 Å². The molecule has 9 nitrogen and oxygen atoms in total. The van der Waals surface area contributed by atoms with Gasteiger partial charge in [-0.1, -0.05) is 6.92 Å². The van der Waals surface area contributed by atoms with Gasteiger partial charge < -0.3 is 14.2 Å². The van der Waals surface area contributed by atoms with Crippen LogP contribution in [0.5, 0.6) is 5.75 Å². The zero-order chi connectivity index (χ0) is 19.7. The van der Waals surface area contributed by atoms with E-state index in [0.29, 0.717) is 12.2 Å². The summed E-state index contributed by atoms with van der Waals surface area (Å²) in [6, 6.07) is 4.51. The van der Waals surface area contributed by atoms with E-state index in [0.717, 1.165) is 4.31 Å². The van der Waals surface area contributed by atoms with Gasteiger partial charge in [0.2, 0.25) is 10.0 Å². The monoisotopic (exact) mass is 390 g/mol. The van der Waals surface area contributed by atoms with E-state index in [1.807, 2.05) is 0 Å². The molecule has 0 saturated carbocycles. The zero-order valence-corrected chi connectivity index (χ0v) is 16.2. The highest BCUT2D eigenvalue weighted by Crippen LogP contribution is 2.23. The van der Waals surface area contributed by atoms with E-state index >= 15 is 0 Å². The van der Waals surface area contributed by atoms with Crippen LogP contribution in [0.1, 0.15) is 13.3 Å². The summed E-state index contributed by atoms with van der Waals surface area (Å²) in [5, 5.41) is 9.11. The molecule has 0 aromatic heterocycles. The molecule has 0 radical (unpaired) electrons. The number of rotatable bonds is 11. The van der Waals surface area contributed by atoms with E-state index in [1.165, 1.54) is 51.1 Å². The lowest BCUT2D eigenvalue weighted by atomic mass is 10.1. The fraction of sp³-hybridized carbons (Fsp3) is 0.562. The Morgan fingerprint density at radius 2 is 1.85 bits per heavy atom. The van der Waals surface area contributed by atoms with Crippen molar-refractivity contribution in [2.45, 2.75) is 30.4 Å². The molecule has 1 amide bonds. The standard InChI is InChI=1S/C16H26N2O7S/c1-5-10-18(15(16(19)17-20)14(25-4)11-23-2)26(21,22)13-8-6-12(24-3)7-9-13/h6-9,14-15,20H,5,10-11H2,1-4H3,(H,17,19). The third-order valence-electron chi connectivity index (χ3n) is 3.78. The normalized spacial score (nSPS) is 14.1. The minimum Gasteiger partial charge on any atom is -0.497 e. The Bertz CT molecular complexity index is 664. The van der Waals surface area contributed by atoms with Crippen molar-refractivity contribution in [1.82, 2.24) is 9.79 Å². The number of nitrogens with zero attached hydrogens (tertiary/aromatic N) is 1. The molecule has 2 atom stereocenters. The summed E-state index contributed by atoms with van der Waals surface area (Å²) in [7, 11) is 0.173. The van der Waals surface area contributed by atoms with Crippen LogP contribution >= 0.6 is 0 Å². The molecule has 0 aliphatic rings. The van der Waals surface area contributed by atoms with Crippen LogP contribution in [0, 0.1) is 0 Å². The molecule has 0 aliphatic heterocycles. The van der Waals surface area contributed by atoms with Crippen LogP contribution in [0.4, 0.5) is 0 Å². The number of benzene rings is 1. The van der Waals surface area contributed by atoms with Crippen LogP contribution in [-0.2, 0) is 24.3 Å². The molecule has 0 heterocycles. The van der Waals surface area contributed by atoms with Crippen molar-refractivity contribution in [2.75, 3.05) is 34.5 Å². The van der Waals surface area contributed by atoms with E-state index in [2.05, 4.69) is 0 Å². The van der Waals surface area contributed by atoms with Crippen molar-refractivity contribution in [1.29, 1.82) is 0 Å². The van der Waals surface area contributed by atoms with Gasteiger partial charge in [-0.3, -0.25) is 10.0 Å². The van der Waals surface area contributed by atoms with E-state index in [4.69, 9.17) is 19.4 Å². The van der Waals surface area contributed by atoms with Gasteiger partial charge in [-0.2, -0.15) is 4.31 Å². The first-order valence-electron chi connectivity index (χ1n) is 7.98. The average molecular weight is 390 g/mol. The fourth-order valence-electron chi connectivity index (χ4n) is 2.52. The van der Waals surface area contributed by atoms with Gasteiger partial charge in [0.1, 0.15) is 17.9 Å². The highest BCUT2D eigenvalue weighted by Gasteiger charge is 2.41. The number of amides is 1. The maximum atomic E-state index is 13.1. The number of carbonyl (C=O) groups is 1. The van der Waals surface area contributed by atoms with E-state index in [1.54, 1.807) is 6.92 Å². The third kappa shape index (κ3) is 5.15. The van der Waals surface area contributed by atoms with Crippen molar-refractivity contribution in [3.05, 3.63) is 24.3 Å². The highest BCUT2D eigenvalue weighted by molar-refractivity contribution is 7.89. The smallest absolute Gasteiger partial charge is 0.264 e. The Balaban J connectivity index is 3.39. The summed E-state index contributed by atoms with van der Waals surface area (Å²) in [5.74, 6) is -0.399. The lowest BCUT2D eigenvalue weighted by Gasteiger charge is -2.33. The zero-order valence-electron chi connectivity index (χ0n) is 15.3. The number of ether oxygens (including phenoxy) is 3. The second-order valence-corrected chi connectivity index (χ2v) is 7.33. The lowest BCUT2D eigenvalue weighted by Crippen LogP contribution is -2.56. The molecule has 1 rings (SSSR count). The van der Waals surface area contributed by atoms with Crippen LogP contribution < -0.4 is 10.2 Å². The van der Waals surface area contributed by atoms with Gasteiger partial charge in [0.15, 0.2) is 0 Å². The quantitative estimate of drug-likeness (QED) is 0.421. The van der Waals surface area contributed by atoms with Gasteiger partial charge in [0.05, 0.1) is 18.6 Å². The van der Waals surface area contributed by atoms with Crippen LogP contribution in [0.15, 0.2) is 29.2 Å². The Labute approximate surface area is 153 Å². The topological polar surface area (TPSA) is 114 Å². The minimum atomic E-state index is -4.05. The SMILES string of the molecule is CCCN(C(C(=O)NO)C(COC)OC)S(=O)(=O)c1ccc(OC)cc1. The first kappa shape index (κ1) is 22.3. The number of carbonyl (C=O) groups excluding carboxylic acids is 1. The minimum absolute atomic E-state index is 0.00485. The molecule has 0 bridgehead atoms. The summed E-state index contributed by atoms with van der Waals surface area (Å²) in [6.45, 7) is 1.80. The maximum Gasteiger partial charge on any atom is 0.264 e. The number of hydrogen-bond donors (Lipinski definition) is 2.